The molecule has 1 atom stereocenters. The Morgan fingerprint density at radius 1 is 1.25 bits per heavy atom. The normalized spacial score (nSPS) is 15.5. The molecule has 0 bridgehead atoms. The minimum absolute atomic E-state index is 0.415. The Kier molecular flexibility index (Phi) is 7.07. The first-order chi connectivity index (χ1) is 11.6. The van der Waals surface area contributed by atoms with Crippen LogP contribution in [0.1, 0.15) is 43.9 Å². The van der Waals surface area contributed by atoms with Crippen LogP contribution in [0, 0.1) is 0 Å². The van der Waals surface area contributed by atoms with Gasteiger partial charge in [-0.25, -0.2) is 0 Å². The second kappa shape index (κ2) is 9.05. The highest BCUT2D eigenvalue weighted by Gasteiger charge is 2.20. The van der Waals surface area contributed by atoms with E-state index in [9.17, 15) is 5.11 Å². The minimum Gasteiger partial charge on any atom is -0.388 e. The van der Waals surface area contributed by atoms with Gasteiger partial charge in [-0.05, 0) is 50.3 Å². The summed E-state index contributed by atoms with van der Waals surface area (Å²) in [6, 6.07) is 7.01. The number of aliphatic hydroxyl groups excluding tert-OH is 1. The van der Waals surface area contributed by atoms with Crippen molar-refractivity contribution in [1.82, 2.24) is 4.90 Å². The van der Waals surface area contributed by atoms with Crippen LogP contribution in [0.4, 0.5) is 5.69 Å². The Morgan fingerprint density at radius 2 is 1.96 bits per heavy atom. The van der Waals surface area contributed by atoms with E-state index in [1.807, 2.05) is 12.2 Å². The number of anilines is 1. The van der Waals surface area contributed by atoms with Crippen LogP contribution in [0.5, 0.6) is 0 Å². The van der Waals surface area contributed by atoms with Gasteiger partial charge in [0.15, 0.2) is 0 Å². The summed E-state index contributed by atoms with van der Waals surface area (Å²) in [7, 11) is 0. The van der Waals surface area contributed by atoms with Crippen molar-refractivity contribution in [3.63, 3.8) is 0 Å². The molecule has 24 heavy (non-hydrogen) atoms. The molecular formula is C21H32N2O. The number of fused-ring (bicyclic) bond motifs is 1. The van der Waals surface area contributed by atoms with Gasteiger partial charge in [-0.3, -0.25) is 4.90 Å². The molecule has 3 heteroatoms. The molecule has 1 aromatic carbocycles. The summed E-state index contributed by atoms with van der Waals surface area (Å²) < 4.78 is 0. The lowest BCUT2D eigenvalue weighted by Crippen LogP contribution is -2.35. The van der Waals surface area contributed by atoms with Crippen LogP contribution in [0.2, 0.25) is 0 Å². The molecule has 0 saturated carbocycles. The summed E-state index contributed by atoms with van der Waals surface area (Å²) in [6.07, 6.45) is 6.41. The summed E-state index contributed by atoms with van der Waals surface area (Å²) in [4.78, 5) is 4.70. The predicted molar refractivity (Wildman–Crippen MR) is 104 cm³/mol. The zero-order chi connectivity index (χ0) is 17.5. The Balaban J connectivity index is 2.04. The van der Waals surface area contributed by atoms with Crippen molar-refractivity contribution in [1.29, 1.82) is 0 Å². The number of benzene rings is 1. The van der Waals surface area contributed by atoms with Crippen LogP contribution in [-0.2, 0) is 6.42 Å². The van der Waals surface area contributed by atoms with E-state index in [0.717, 1.165) is 44.6 Å². The monoisotopic (exact) mass is 328 g/mol. The van der Waals surface area contributed by atoms with Crippen molar-refractivity contribution in [2.24, 2.45) is 0 Å². The van der Waals surface area contributed by atoms with E-state index >= 15 is 0 Å². The van der Waals surface area contributed by atoms with Gasteiger partial charge >= 0.3 is 0 Å². The van der Waals surface area contributed by atoms with E-state index in [4.69, 9.17) is 0 Å². The van der Waals surface area contributed by atoms with Gasteiger partial charge in [-0.15, -0.1) is 13.2 Å². The van der Waals surface area contributed by atoms with E-state index in [1.165, 1.54) is 17.7 Å². The summed E-state index contributed by atoms with van der Waals surface area (Å²) in [5.74, 6) is 0. The van der Waals surface area contributed by atoms with E-state index in [1.54, 1.807) is 0 Å². The lowest BCUT2D eigenvalue weighted by molar-refractivity contribution is 0.148. The van der Waals surface area contributed by atoms with Gasteiger partial charge < -0.3 is 10.0 Å². The standard InChI is InChI=1S/C21H32N2O/c1-5-12-22(13-6-2)15-11-21(24)19-9-10-20-18(16-19)8-7-14-23(20)17(3)4/h5-6,9-10,16-17,21,24H,1-2,7-8,11-15H2,3-4H3. The summed E-state index contributed by atoms with van der Waals surface area (Å²) >= 11 is 0. The first-order valence-electron chi connectivity index (χ1n) is 9.08. The molecule has 0 fully saturated rings. The lowest BCUT2D eigenvalue weighted by Gasteiger charge is -2.35. The second-order valence-corrected chi connectivity index (χ2v) is 6.92. The van der Waals surface area contributed by atoms with E-state index in [-0.39, 0.29) is 0 Å². The van der Waals surface area contributed by atoms with Crippen LogP contribution < -0.4 is 4.90 Å². The fraction of sp³-hybridized carbons (Fsp3) is 0.524. The molecule has 3 nitrogen and oxygen atoms in total. The fourth-order valence-corrected chi connectivity index (χ4v) is 3.48. The number of rotatable bonds is 9. The molecule has 1 aliphatic rings. The van der Waals surface area contributed by atoms with Gasteiger partial charge in [0, 0.05) is 37.9 Å². The molecule has 1 aromatic rings. The Bertz CT molecular complexity index is 543. The number of hydrogen-bond donors (Lipinski definition) is 1. The number of aryl methyl sites for hydroxylation is 1. The van der Waals surface area contributed by atoms with Crippen LogP contribution in [0.15, 0.2) is 43.5 Å². The topological polar surface area (TPSA) is 26.7 Å². The van der Waals surface area contributed by atoms with E-state index in [0.29, 0.717) is 6.04 Å². The molecule has 1 N–H and O–H groups in total. The molecule has 0 radical (unpaired) electrons. The first-order valence-corrected chi connectivity index (χ1v) is 9.08. The maximum atomic E-state index is 10.6. The number of nitrogens with zero attached hydrogens (tertiary/aromatic N) is 2. The van der Waals surface area contributed by atoms with Crippen molar-refractivity contribution in [2.45, 2.75) is 45.3 Å². The molecular weight excluding hydrogens is 296 g/mol. The summed E-state index contributed by atoms with van der Waals surface area (Å²) in [5.41, 5.74) is 3.75. The van der Waals surface area contributed by atoms with Gasteiger partial charge in [0.1, 0.15) is 0 Å². The smallest absolute Gasteiger partial charge is 0.0802 e. The van der Waals surface area contributed by atoms with Crippen LogP contribution >= 0.6 is 0 Å². The third-order valence-corrected chi connectivity index (χ3v) is 4.76. The maximum Gasteiger partial charge on any atom is 0.0802 e. The van der Waals surface area contributed by atoms with E-state index in [2.05, 4.69) is 55.0 Å². The predicted octanol–water partition coefficient (Wildman–Crippen LogP) is 3.95. The quantitative estimate of drug-likeness (QED) is 0.696. The van der Waals surface area contributed by atoms with Crippen molar-refractivity contribution < 1.29 is 5.11 Å². The van der Waals surface area contributed by atoms with E-state index < -0.39 is 6.10 Å². The molecule has 2 rings (SSSR count). The van der Waals surface area contributed by atoms with Crippen LogP contribution in [0.25, 0.3) is 0 Å². The molecule has 1 unspecified atom stereocenters. The average molecular weight is 329 g/mol. The minimum atomic E-state index is -0.415. The van der Waals surface area contributed by atoms with Crippen molar-refractivity contribution in [2.75, 3.05) is 31.1 Å². The highest BCUT2D eigenvalue weighted by molar-refractivity contribution is 5.57. The molecule has 0 amide bonds. The van der Waals surface area contributed by atoms with Gasteiger partial charge in [0.25, 0.3) is 0 Å². The molecule has 1 aliphatic heterocycles. The third-order valence-electron chi connectivity index (χ3n) is 4.76. The number of aliphatic hydroxyl groups is 1. The van der Waals surface area contributed by atoms with Crippen molar-refractivity contribution in [3.05, 3.63) is 54.6 Å². The van der Waals surface area contributed by atoms with Crippen molar-refractivity contribution >= 4 is 5.69 Å². The zero-order valence-electron chi connectivity index (χ0n) is 15.2. The van der Waals surface area contributed by atoms with Gasteiger partial charge in [-0.1, -0.05) is 24.3 Å². The maximum absolute atomic E-state index is 10.6. The summed E-state index contributed by atoms with van der Waals surface area (Å²) in [5, 5.41) is 10.6. The average Bonchev–Trinajstić information content (AvgIpc) is 2.58. The molecule has 0 saturated heterocycles. The van der Waals surface area contributed by atoms with Crippen LogP contribution in [0.3, 0.4) is 0 Å². The Hall–Kier alpha value is -1.58. The van der Waals surface area contributed by atoms with Gasteiger partial charge in [0.2, 0.25) is 0 Å². The molecule has 0 aliphatic carbocycles. The number of hydrogen-bond acceptors (Lipinski definition) is 3. The first kappa shape index (κ1) is 18.8. The van der Waals surface area contributed by atoms with Gasteiger partial charge in [0.05, 0.1) is 6.10 Å². The fourth-order valence-electron chi connectivity index (χ4n) is 3.48. The molecule has 132 valence electrons. The lowest BCUT2D eigenvalue weighted by atomic mass is 9.95. The molecule has 0 spiro atoms. The third kappa shape index (κ3) is 4.71. The van der Waals surface area contributed by atoms with Crippen molar-refractivity contribution in [3.8, 4) is 0 Å². The zero-order valence-corrected chi connectivity index (χ0v) is 15.2. The Labute approximate surface area is 147 Å². The van der Waals surface area contributed by atoms with Gasteiger partial charge in [-0.2, -0.15) is 0 Å². The van der Waals surface area contributed by atoms with Crippen LogP contribution in [-0.4, -0.2) is 42.2 Å². The SMILES string of the molecule is C=CCN(CC=C)CCC(O)c1ccc2c(c1)CCCN2C(C)C. The highest BCUT2D eigenvalue weighted by Crippen LogP contribution is 2.31. The Morgan fingerprint density at radius 3 is 2.58 bits per heavy atom. The molecule has 1 heterocycles. The highest BCUT2D eigenvalue weighted by atomic mass is 16.3. The largest absolute Gasteiger partial charge is 0.388 e. The summed E-state index contributed by atoms with van der Waals surface area (Å²) in [6.45, 7) is 15.7. The second-order valence-electron chi connectivity index (χ2n) is 6.92. The molecule has 0 aromatic heterocycles.